The van der Waals surface area contributed by atoms with Crippen LogP contribution >= 0.6 is 0 Å². The molecule has 28 heavy (non-hydrogen) atoms. The van der Waals surface area contributed by atoms with Gasteiger partial charge < -0.3 is 20.3 Å². The number of nitrogens with zero attached hydrogens (tertiary/aromatic N) is 2. The van der Waals surface area contributed by atoms with E-state index in [4.69, 9.17) is 4.74 Å². The van der Waals surface area contributed by atoms with Crippen LogP contribution in [-0.4, -0.2) is 56.0 Å². The molecule has 1 fully saturated rings. The summed E-state index contributed by atoms with van der Waals surface area (Å²) in [5.41, 5.74) is 1.74. The standard InChI is InChI=1S/C21H32N4O3/c1-5-15(2)24-19(26)17-8-6-16(7-9-17)14-23-21(22-3)25-12-10-18(11-13-25)20(27)28-4/h6-9,15,18H,5,10-14H2,1-4H3,(H,22,23)(H,24,26). The average Bonchev–Trinajstić information content (AvgIpc) is 2.74. The molecule has 1 aliphatic rings. The third kappa shape index (κ3) is 5.97. The number of nitrogens with one attached hydrogen (secondary N) is 2. The fraction of sp³-hybridized carbons (Fsp3) is 0.571. The van der Waals surface area contributed by atoms with Gasteiger partial charge in [0.2, 0.25) is 0 Å². The van der Waals surface area contributed by atoms with Crippen LogP contribution in [0, 0.1) is 5.92 Å². The summed E-state index contributed by atoms with van der Waals surface area (Å²) in [4.78, 5) is 30.3. The molecular formula is C21H32N4O3. The number of carbonyl (C=O) groups excluding carboxylic acids is 2. The normalized spacial score (nSPS) is 16.4. The van der Waals surface area contributed by atoms with E-state index in [-0.39, 0.29) is 23.8 Å². The number of likely N-dealkylation sites (tertiary alicyclic amines) is 1. The number of benzene rings is 1. The van der Waals surface area contributed by atoms with Crippen LogP contribution in [0.4, 0.5) is 0 Å². The molecule has 1 heterocycles. The zero-order valence-electron chi connectivity index (χ0n) is 17.3. The van der Waals surface area contributed by atoms with Gasteiger partial charge in [-0.1, -0.05) is 19.1 Å². The van der Waals surface area contributed by atoms with Crippen LogP contribution in [-0.2, 0) is 16.1 Å². The second kappa shape index (κ2) is 10.7. The summed E-state index contributed by atoms with van der Waals surface area (Å²) in [6.07, 6.45) is 2.45. The number of rotatable bonds is 6. The molecule has 1 aromatic carbocycles. The highest BCUT2D eigenvalue weighted by molar-refractivity contribution is 5.94. The molecule has 1 amide bonds. The maximum absolute atomic E-state index is 12.2. The van der Waals surface area contributed by atoms with Crippen LogP contribution in [0.15, 0.2) is 29.3 Å². The highest BCUT2D eigenvalue weighted by Gasteiger charge is 2.26. The Morgan fingerprint density at radius 1 is 1.25 bits per heavy atom. The zero-order chi connectivity index (χ0) is 20.5. The highest BCUT2D eigenvalue weighted by atomic mass is 16.5. The Kier molecular flexibility index (Phi) is 8.29. The molecule has 0 aromatic heterocycles. The van der Waals surface area contributed by atoms with Gasteiger partial charge in [-0.05, 0) is 43.9 Å². The lowest BCUT2D eigenvalue weighted by atomic mass is 9.97. The molecule has 2 rings (SSSR count). The summed E-state index contributed by atoms with van der Waals surface area (Å²) in [6, 6.07) is 7.77. The molecule has 7 nitrogen and oxygen atoms in total. The minimum absolute atomic E-state index is 0.0199. The number of carbonyl (C=O) groups is 2. The summed E-state index contributed by atoms with van der Waals surface area (Å²) in [7, 11) is 3.20. The molecule has 0 radical (unpaired) electrons. The summed E-state index contributed by atoms with van der Waals surface area (Å²) in [5.74, 6) is 0.633. The second-order valence-electron chi connectivity index (χ2n) is 7.16. The molecule has 1 aromatic rings. The van der Waals surface area contributed by atoms with Crippen molar-refractivity contribution in [1.82, 2.24) is 15.5 Å². The Morgan fingerprint density at radius 2 is 1.89 bits per heavy atom. The quantitative estimate of drug-likeness (QED) is 0.443. The molecule has 0 aliphatic carbocycles. The number of ether oxygens (including phenoxy) is 1. The van der Waals surface area contributed by atoms with Crippen LogP contribution in [0.1, 0.15) is 49.0 Å². The van der Waals surface area contributed by atoms with Crippen LogP contribution in [0.5, 0.6) is 0 Å². The predicted octanol–water partition coefficient (Wildman–Crippen LogP) is 2.18. The van der Waals surface area contributed by atoms with Crippen molar-refractivity contribution < 1.29 is 14.3 Å². The Balaban J connectivity index is 1.85. The lowest BCUT2D eigenvalue weighted by Gasteiger charge is -2.33. The highest BCUT2D eigenvalue weighted by Crippen LogP contribution is 2.18. The van der Waals surface area contributed by atoms with E-state index in [1.54, 1.807) is 7.05 Å². The summed E-state index contributed by atoms with van der Waals surface area (Å²) < 4.78 is 4.84. The lowest BCUT2D eigenvalue weighted by Crippen LogP contribution is -2.46. The summed E-state index contributed by atoms with van der Waals surface area (Å²) in [5, 5.41) is 6.33. The number of amides is 1. The van der Waals surface area contributed by atoms with Crippen LogP contribution < -0.4 is 10.6 Å². The summed E-state index contributed by atoms with van der Waals surface area (Å²) >= 11 is 0. The van der Waals surface area contributed by atoms with Gasteiger partial charge in [0, 0.05) is 38.3 Å². The van der Waals surface area contributed by atoms with E-state index < -0.39 is 0 Å². The van der Waals surface area contributed by atoms with E-state index in [1.165, 1.54) is 7.11 Å². The zero-order valence-corrected chi connectivity index (χ0v) is 17.3. The smallest absolute Gasteiger partial charge is 0.308 e. The molecule has 7 heteroatoms. The van der Waals surface area contributed by atoms with Crippen LogP contribution in [0.2, 0.25) is 0 Å². The molecule has 1 saturated heterocycles. The fourth-order valence-electron chi connectivity index (χ4n) is 3.19. The number of guanidine groups is 1. The molecular weight excluding hydrogens is 356 g/mol. The first-order valence-electron chi connectivity index (χ1n) is 9.91. The SMILES string of the molecule is CCC(C)NC(=O)c1ccc(CNC(=NC)N2CCC(C(=O)OC)CC2)cc1. The van der Waals surface area contributed by atoms with Gasteiger partial charge >= 0.3 is 5.97 Å². The van der Waals surface area contributed by atoms with Crippen molar-refractivity contribution >= 4 is 17.8 Å². The van der Waals surface area contributed by atoms with Crippen molar-refractivity contribution in [1.29, 1.82) is 0 Å². The van der Waals surface area contributed by atoms with Crippen LogP contribution in [0.3, 0.4) is 0 Å². The molecule has 0 bridgehead atoms. The topological polar surface area (TPSA) is 83.0 Å². The average molecular weight is 389 g/mol. The molecule has 2 N–H and O–H groups in total. The lowest BCUT2D eigenvalue weighted by molar-refractivity contribution is -0.146. The fourth-order valence-corrected chi connectivity index (χ4v) is 3.19. The maximum Gasteiger partial charge on any atom is 0.308 e. The number of hydrogen-bond acceptors (Lipinski definition) is 4. The van der Waals surface area contributed by atoms with Gasteiger partial charge in [-0.3, -0.25) is 14.6 Å². The Morgan fingerprint density at radius 3 is 2.43 bits per heavy atom. The largest absolute Gasteiger partial charge is 0.469 e. The van der Waals surface area contributed by atoms with Crippen molar-refractivity contribution in [3.8, 4) is 0 Å². The van der Waals surface area contributed by atoms with Gasteiger partial charge in [0.15, 0.2) is 5.96 Å². The molecule has 1 unspecified atom stereocenters. The first kappa shape index (κ1) is 21.7. The van der Waals surface area contributed by atoms with Gasteiger partial charge in [0.1, 0.15) is 0 Å². The molecule has 1 aliphatic heterocycles. The third-order valence-electron chi connectivity index (χ3n) is 5.20. The van der Waals surface area contributed by atoms with Crippen molar-refractivity contribution in [3.05, 3.63) is 35.4 Å². The van der Waals surface area contributed by atoms with E-state index in [0.717, 1.165) is 43.9 Å². The predicted molar refractivity (Wildman–Crippen MR) is 110 cm³/mol. The van der Waals surface area contributed by atoms with E-state index in [0.29, 0.717) is 12.1 Å². The van der Waals surface area contributed by atoms with E-state index in [9.17, 15) is 9.59 Å². The summed E-state index contributed by atoms with van der Waals surface area (Å²) in [6.45, 7) is 6.21. The van der Waals surface area contributed by atoms with Crippen molar-refractivity contribution in [2.45, 2.75) is 45.7 Å². The number of hydrogen-bond donors (Lipinski definition) is 2. The minimum Gasteiger partial charge on any atom is -0.469 e. The molecule has 0 saturated carbocycles. The molecule has 0 spiro atoms. The van der Waals surface area contributed by atoms with E-state index >= 15 is 0 Å². The van der Waals surface area contributed by atoms with Crippen LogP contribution in [0.25, 0.3) is 0 Å². The van der Waals surface area contributed by atoms with Gasteiger partial charge in [-0.15, -0.1) is 0 Å². The first-order chi connectivity index (χ1) is 13.5. The molecule has 1 atom stereocenters. The Labute approximate surface area is 167 Å². The number of aliphatic imine (C=N–C) groups is 1. The Bertz CT molecular complexity index is 679. The van der Waals surface area contributed by atoms with Gasteiger partial charge in [0.05, 0.1) is 13.0 Å². The minimum atomic E-state index is -0.125. The van der Waals surface area contributed by atoms with E-state index in [2.05, 4.69) is 20.5 Å². The molecule has 154 valence electrons. The van der Waals surface area contributed by atoms with Crippen molar-refractivity contribution in [2.75, 3.05) is 27.2 Å². The monoisotopic (exact) mass is 388 g/mol. The third-order valence-corrected chi connectivity index (χ3v) is 5.20. The van der Waals surface area contributed by atoms with Gasteiger partial charge in [0.25, 0.3) is 5.91 Å². The Hall–Kier alpha value is -2.57. The van der Waals surface area contributed by atoms with E-state index in [1.807, 2.05) is 38.1 Å². The van der Waals surface area contributed by atoms with Crippen molar-refractivity contribution in [3.63, 3.8) is 0 Å². The first-order valence-corrected chi connectivity index (χ1v) is 9.91. The van der Waals surface area contributed by atoms with Gasteiger partial charge in [-0.25, -0.2) is 0 Å². The maximum atomic E-state index is 12.2. The van der Waals surface area contributed by atoms with Crippen molar-refractivity contribution in [2.24, 2.45) is 10.9 Å². The number of piperidine rings is 1. The van der Waals surface area contributed by atoms with Gasteiger partial charge in [-0.2, -0.15) is 0 Å². The second-order valence-corrected chi connectivity index (χ2v) is 7.16. The number of esters is 1. The number of methoxy groups -OCH3 is 1.